The summed E-state index contributed by atoms with van der Waals surface area (Å²) in [6.07, 6.45) is 0.869. The number of nitrogens with one attached hydrogen (secondary N) is 1. The molecule has 0 bridgehead atoms. The van der Waals surface area contributed by atoms with Crippen LogP contribution in [0.1, 0.15) is 54.4 Å². The minimum absolute atomic E-state index is 0.0313. The van der Waals surface area contributed by atoms with Crippen LogP contribution < -0.4 is 11.3 Å². The Hall–Kier alpha value is -1.30. The van der Waals surface area contributed by atoms with Gasteiger partial charge in [-0.2, -0.15) is 0 Å². The Kier molecular flexibility index (Phi) is 4.63. The maximum absolute atomic E-state index is 5.72. The smallest absolute Gasteiger partial charge is 0.0837 e. The van der Waals surface area contributed by atoms with Crippen LogP contribution in [0.5, 0.6) is 0 Å². The summed E-state index contributed by atoms with van der Waals surface area (Å²) >= 11 is 1.41. The second-order valence-electron chi connectivity index (χ2n) is 4.86. The first kappa shape index (κ1) is 14.1. The molecular formula is C14H20N4S. The summed E-state index contributed by atoms with van der Waals surface area (Å²) in [5, 5.41) is 4.15. The van der Waals surface area contributed by atoms with Crippen molar-refractivity contribution in [3.05, 3.63) is 46.0 Å². The van der Waals surface area contributed by atoms with Gasteiger partial charge in [-0.3, -0.25) is 5.84 Å². The standard InChI is InChI=1S/C14H20N4S/c1-4-12-14(19-18-17-12)13(16-15)11-7-5-10(6-8-11)9(2)3/h5-9,13,16H,4,15H2,1-3H3. The fourth-order valence-corrected chi connectivity index (χ4v) is 2.90. The fraction of sp³-hybridized carbons (Fsp3) is 0.429. The van der Waals surface area contributed by atoms with Crippen molar-refractivity contribution in [1.82, 2.24) is 15.0 Å². The number of hydrogen-bond acceptors (Lipinski definition) is 5. The molecule has 1 heterocycles. The van der Waals surface area contributed by atoms with E-state index >= 15 is 0 Å². The van der Waals surface area contributed by atoms with E-state index in [9.17, 15) is 0 Å². The summed E-state index contributed by atoms with van der Waals surface area (Å²) < 4.78 is 4.03. The summed E-state index contributed by atoms with van der Waals surface area (Å²) in [5.41, 5.74) is 6.37. The van der Waals surface area contributed by atoms with Crippen molar-refractivity contribution in [3.63, 3.8) is 0 Å². The van der Waals surface area contributed by atoms with Crippen molar-refractivity contribution in [3.8, 4) is 0 Å². The van der Waals surface area contributed by atoms with Gasteiger partial charge in [0, 0.05) is 0 Å². The number of hydrogen-bond donors (Lipinski definition) is 2. The zero-order valence-corrected chi connectivity index (χ0v) is 12.4. The summed E-state index contributed by atoms with van der Waals surface area (Å²) in [6, 6.07) is 8.53. The van der Waals surface area contributed by atoms with Crippen LogP contribution in [-0.4, -0.2) is 9.59 Å². The molecule has 0 aliphatic carbocycles. The Balaban J connectivity index is 2.32. The third-order valence-corrected chi connectivity index (χ3v) is 4.12. The lowest BCUT2D eigenvalue weighted by Crippen LogP contribution is -2.28. The molecule has 5 heteroatoms. The van der Waals surface area contributed by atoms with E-state index in [0.717, 1.165) is 22.6 Å². The molecule has 3 N–H and O–H groups in total. The third kappa shape index (κ3) is 3.00. The van der Waals surface area contributed by atoms with E-state index in [1.54, 1.807) is 0 Å². The second kappa shape index (κ2) is 6.23. The van der Waals surface area contributed by atoms with E-state index in [2.05, 4.69) is 60.0 Å². The van der Waals surface area contributed by atoms with Crippen molar-refractivity contribution < 1.29 is 0 Å². The Morgan fingerprint density at radius 2 is 1.84 bits per heavy atom. The van der Waals surface area contributed by atoms with Gasteiger partial charge >= 0.3 is 0 Å². The summed E-state index contributed by atoms with van der Waals surface area (Å²) in [5.74, 6) is 6.26. The fourth-order valence-electron chi connectivity index (χ4n) is 2.08. The SMILES string of the molecule is CCc1nnsc1C(NN)c1ccc(C(C)C)cc1. The average molecular weight is 276 g/mol. The summed E-state index contributed by atoms with van der Waals surface area (Å²) in [4.78, 5) is 1.10. The highest BCUT2D eigenvalue weighted by Gasteiger charge is 2.19. The highest BCUT2D eigenvalue weighted by molar-refractivity contribution is 7.05. The first-order chi connectivity index (χ1) is 9.17. The normalized spacial score (nSPS) is 12.9. The highest BCUT2D eigenvalue weighted by Crippen LogP contribution is 2.27. The molecule has 0 saturated carbocycles. The summed E-state index contributed by atoms with van der Waals surface area (Å²) in [7, 11) is 0. The van der Waals surface area contributed by atoms with E-state index in [-0.39, 0.29) is 6.04 Å². The minimum atomic E-state index is -0.0313. The third-order valence-electron chi connectivity index (χ3n) is 3.29. The molecule has 2 rings (SSSR count). The first-order valence-corrected chi connectivity index (χ1v) is 7.31. The number of aromatic nitrogens is 2. The predicted octanol–water partition coefficient (Wildman–Crippen LogP) is 2.78. The van der Waals surface area contributed by atoms with E-state index in [1.807, 2.05) is 0 Å². The van der Waals surface area contributed by atoms with Crippen LogP contribution in [0.25, 0.3) is 0 Å². The molecule has 0 radical (unpaired) electrons. The minimum Gasteiger partial charge on any atom is -0.271 e. The maximum atomic E-state index is 5.72. The number of nitrogens with two attached hydrogens (primary N) is 1. The number of rotatable bonds is 5. The van der Waals surface area contributed by atoms with E-state index in [0.29, 0.717) is 5.92 Å². The zero-order valence-electron chi connectivity index (χ0n) is 11.6. The van der Waals surface area contributed by atoms with Gasteiger partial charge in [-0.25, -0.2) is 5.43 Å². The van der Waals surface area contributed by atoms with Gasteiger partial charge in [0.2, 0.25) is 0 Å². The van der Waals surface area contributed by atoms with Gasteiger partial charge in [-0.15, -0.1) is 5.10 Å². The molecule has 2 aromatic rings. The molecule has 1 unspecified atom stereocenters. The highest BCUT2D eigenvalue weighted by atomic mass is 32.1. The van der Waals surface area contributed by atoms with Crippen LogP contribution in [0, 0.1) is 0 Å². The van der Waals surface area contributed by atoms with Crippen molar-refractivity contribution >= 4 is 11.5 Å². The molecular weight excluding hydrogens is 256 g/mol. The van der Waals surface area contributed by atoms with E-state index < -0.39 is 0 Å². The molecule has 0 amide bonds. The predicted molar refractivity (Wildman–Crippen MR) is 79.0 cm³/mol. The molecule has 0 spiro atoms. The summed E-state index contributed by atoms with van der Waals surface area (Å²) in [6.45, 7) is 6.46. The van der Waals surface area contributed by atoms with Crippen molar-refractivity contribution in [2.24, 2.45) is 5.84 Å². The quantitative estimate of drug-likeness (QED) is 0.651. The zero-order chi connectivity index (χ0) is 13.8. The van der Waals surface area contributed by atoms with Gasteiger partial charge in [0.05, 0.1) is 16.6 Å². The van der Waals surface area contributed by atoms with Gasteiger partial charge in [-0.05, 0) is 35.0 Å². The van der Waals surface area contributed by atoms with Crippen LogP contribution >= 0.6 is 11.5 Å². The molecule has 0 fully saturated rings. The Bertz CT molecular complexity index is 518. The molecule has 0 aliphatic heterocycles. The van der Waals surface area contributed by atoms with Crippen LogP contribution in [0.15, 0.2) is 24.3 Å². The van der Waals surface area contributed by atoms with Crippen LogP contribution in [-0.2, 0) is 6.42 Å². The topological polar surface area (TPSA) is 63.8 Å². The molecule has 1 aromatic carbocycles. The lowest BCUT2D eigenvalue weighted by molar-refractivity contribution is 0.638. The average Bonchev–Trinajstić information content (AvgIpc) is 2.88. The molecule has 0 saturated heterocycles. The number of hydrazine groups is 1. The van der Waals surface area contributed by atoms with E-state index in [4.69, 9.17) is 5.84 Å². The molecule has 4 nitrogen and oxygen atoms in total. The van der Waals surface area contributed by atoms with Gasteiger partial charge in [0.25, 0.3) is 0 Å². The van der Waals surface area contributed by atoms with Crippen LogP contribution in [0.3, 0.4) is 0 Å². The first-order valence-electron chi connectivity index (χ1n) is 6.54. The Morgan fingerprint density at radius 1 is 1.21 bits per heavy atom. The van der Waals surface area contributed by atoms with Gasteiger partial charge in [-0.1, -0.05) is 49.5 Å². The lowest BCUT2D eigenvalue weighted by Gasteiger charge is -2.16. The van der Waals surface area contributed by atoms with Gasteiger partial charge < -0.3 is 0 Å². The van der Waals surface area contributed by atoms with E-state index in [1.165, 1.54) is 17.1 Å². The van der Waals surface area contributed by atoms with Crippen LogP contribution in [0.2, 0.25) is 0 Å². The molecule has 19 heavy (non-hydrogen) atoms. The molecule has 102 valence electrons. The van der Waals surface area contributed by atoms with Gasteiger partial charge in [0.1, 0.15) is 0 Å². The second-order valence-corrected chi connectivity index (χ2v) is 5.64. The number of benzene rings is 1. The van der Waals surface area contributed by atoms with Gasteiger partial charge in [0.15, 0.2) is 0 Å². The van der Waals surface area contributed by atoms with Crippen molar-refractivity contribution in [1.29, 1.82) is 0 Å². The molecule has 1 aromatic heterocycles. The Labute approximate surface area is 118 Å². The van der Waals surface area contributed by atoms with Crippen LogP contribution in [0.4, 0.5) is 0 Å². The Morgan fingerprint density at radius 3 is 2.37 bits per heavy atom. The van der Waals surface area contributed by atoms with Crippen molar-refractivity contribution in [2.75, 3.05) is 0 Å². The monoisotopic (exact) mass is 276 g/mol. The lowest BCUT2D eigenvalue weighted by atomic mass is 9.98. The maximum Gasteiger partial charge on any atom is 0.0837 e. The largest absolute Gasteiger partial charge is 0.271 e. The molecule has 0 aliphatic rings. The number of aryl methyl sites for hydroxylation is 1. The number of nitrogens with zero attached hydrogens (tertiary/aromatic N) is 2. The molecule has 1 atom stereocenters. The van der Waals surface area contributed by atoms with Crippen molar-refractivity contribution in [2.45, 2.75) is 39.2 Å².